The third-order valence-electron chi connectivity index (χ3n) is 2.29. The molecule has 0 aliphatic rings. The number of nitrogens with two attached hydrogens (primary N) is 1. The molecule has 0 aliphatic heterocycles. The Morgan fingerprint density at radius 1 is 1.16 bits per heavy atom. The molecule has 0 saturated carbocycles. The number of hydrogen-bond acceptors (Lipinski definition) is 3. The summed E-state index contributed by atoms with van der Waals surface area (Å²) in [5, 5.41) is 0. The number of anilines is 1. The number of para-hydroxylation sites is 1. The zero-order chi connectivity index (χ0) is 14.0. The van der Waals surface area contributed by atoms with Crippen molar-refractivity contribution in [3.8, 4) is 11.5 Å². The van der Waals surface area contributed by atoms with Crippen LogP contribution in [0.1, 0.15) is 5.56 Å². The van der Waals surface area contributed by atoms with Crippen LogP contribution in [0.2, 0.25) is 0 Å². The average molecular weight is 333 g/mol. The van der Waals surface area contributed by atoms with E-state index in [1.165, 1.54) is 30.6 Å². The summed E-state index contributed by atoms with van der Waals surface area (Å²) in [4.78, 5) is 3.78. The Bertz CT molecular complexity index is 582. The van der Waals surface area contributed by atoms with E-state index in [2.05, 4.69) is 20.9 Å². The molecule has 0 amide bonds. The third kappa shape index (κ3) is 2.98. The highest BCUT2D eigenvalue weighted by Gasteiger charge is 2.34. The van der Waals surface area contributed by atoms with Gasteiger partial charge in [-0.15, -0.1) is 0 Å². The summed E-state index contributed by atoms with van der Waals surface area (Å²) in [5.74, 6) is -0.208. The highest BCUT2D eigenvalue weighted by atomic mass is 79.9. The molecule has 100 valence electrons. The first-order chi connectivity index (χ1) is 8.89. The molecule has 0 radical (unpaired) electrons. The molecule has 2 aromatic rings. The molecule has 0 saturated heterocycles. The van der Waals surface area contributed by atoms with Gasteiger partial charge in [-0.25, -0.2) is 0 Å². The number of nitrogen functional groups attached to an aromatic ring is 1. The smallest absolute Gasteiger partial charge is 0.419 e. The summed E-state index contributed by atoms with van der Waals surface area (Å²) >= 11 is 3.13. The molecule has 1 aromatic heterocycles. The minimum absolute atomic E-state index is 0.103. The van der Waals surface area contributed by atoms with Gasteiger partial charge in [0.15, 0.2) is 5.75 Å². The fraction of sp³-hybridized carbons (Fsp3) is 0.0833. The van der Waals surface area contributed by atoms with E-state index in [-0.39, 0.29) is 17.2 Å². The zero-order valence-corrected chi connectivity index (χ0v) is 11.0. The number of nitrogens with zero attached hydrogens (tertiary/aromatic N) is 1. The lowest BCUT2D eigenvalue weighted by Gasteiger charge is -2.15. The number of pyridine rings is 1. The molecule has 0 aliphatic carbocycles. The van der Waals surface area contributed by atoms with Crippen LogP contribution in [0.3, 0.4) is 0 Å². The number of aromatic nitrogens is 1. The van der Waals surface area contributed by atoms with Crippen LogP contribution in [0.4, 0.5) is 18.9 Å². The van der Waals surface area contributed by atoms with Gasteiger partial charge < -0.3 is 10.5 Å². The Morgan fingerprint density at radius 2 is 1.84 bits per heavy atom. The fourth-order valence-corrected chi connectivity index (χ4v) is 1.87. The average Bonchev–Trinajstić information content (AvgIpc) is 2.33. The minimum atomic E-state index is -4.50. The number of hydrogen-bond donors (Lipinski definition) is 1. The Balaban J connectivity index is 2.45. The molecule has 1 heterocycles. The second-order valence-corrected chi connectivity index (χ2v) is 4.49. The lowest BCUT2D eigenvalue weighted by Crippen LogP contribution is -2.07. The molecule has 1 aromatic carbocycles. The molecule has 3 nitrogen and oxygen atoms in total. The maximum atomic E-state index is 12.8. The van der Waals surface area contributed by atoms with E-state index < -0.39 is 11.7 Å². The van der Waals surface area contributed by atoms with Crippen LogP contribution in [-0.2, 0) is 6.18 Å². The van der Waals surface area contributed by atoms with Gasteiger partial charge in [-0.3, -0.25) is 4.98 Å². The van der Waals surface area contributed by atoms with Crippen LogP contribution >= 0.6 is 15.9 Å². The molecule has 2 N–H and O–H groups in total. The van der Waals surface area contributed by atoms with Crippen molar-refractivity contribution in [3.63, 3.8) is 0 Å². The van der Waals surface area contributed by atoms with Crippen molar-refractivity contribution in [1.29, 1.82) is 0 Å². The lowest BCUT2D eigenvalue weighted by molar-refractivity contribution is -0.138. The maximum Gasteiger partial charge on any atom is 0.419 e. The van der Waals surface area contributed by atoms with E-state index in [0.717, 1.165) is 6.07 Å². The lowest BCUT2D eigenvalue weighted by atomic mass is 10.2. The van der Waals surface area contributed by atoms with E-state index in [0.29, 0.717) is 4.47 Å². The number of benzene rings is 1. The molecule has 7 heteroatoms. The van der Waals surface area contributed by atoms with Crippen molar-refractivity contribution in [2.75, 3.05) is 5.73 Å². The second kappa shape index (κ2) is 5.08. The normalized spacial score (nSPS) is 11.4. The summed E-state index contributed by atoms with van der Waals surface area (Å²) in [6.07, 6.45) is -1.80. The van der Waals surface area contributed by atoms with E-state index in [4.69, 9.17) is 10.5 Å². The molecular weight excluding hydrogens is 325 g/mol. The van der Waals surface area contributed by atoms with Gasteiger partial charge in [0.1, 0.15) is 5.75 Å². The van der Waals surface area contributed by atoms with Crippen molar-refractivity contribution in [1.82, 2.24) is 4.98 Å². The zero-order valence-electron chi connectivity index (χ0n) is 9.41. The van der Waals surface area contributed by atoms with Gasteiger partial charge in [0.2, 0.25) is 0 Å². The van der Waals surface area contributed by atoms with E-state index in [1.807, 2.05) is 0 Å². The first kappa shape index (κ1) is 13.7. The molecule has 0 bridgehead atoms. The Morgan fingerprint density at radius 3 is 2.47 bits per heavy atom. The summed E-state index contributed by atoms with van der Waals surface area (Å²) in [6, 6.07) is 4.92. The predicted molar refractivity (Wildman–Crippen MR) is 67.9 cm³/mol. The van der Waals surface area contributed by atoms with Crippen molar-refractivity contribution in [2.45, 2.75) is 6.18 Å². The molecule has 0 unspecified atom stereocenters. The highest BCUT2D eigenvalue weighted by molar-refractivity contribution is 9.10. The number of ether oxygens (including phenoxy) is 1. The second-order valence-electron chi connectivity index (χ2n) is 3.64. The largest absolute Gasteiger partial charge is 0.453 e. The highest BCUT2D eigenvalue weighted by Crippen LogP contribution is 2.40. The van der Waals surface area contributed by atoms with Gasteiger partial charge in [0, 0.05) is 6.20 Å². The molecule has 0 spiro atoms. The van der Waals surface area contributed by atoms with Gasteiger partial charge in [-0.1, -0.05) is 12.1 Å². The van der Waals surface area contributed by atoms with Crippen LogP contribution < -0.4 is 10.5 Å². The summed E-state index contributed by atoms with van der Waals surface area (Å²) in [7, 11) is 0. The monoisotopic (exact) mass is 332 g/mol. The van der Waals surface area contributed by atoms with E-state index in [9.17, 15) is 13.2 Å². The van der Waals surface area contributed by atoms with Gasteiger partial charge in [0.05, 0.1) is 21.9 Å². The van der Waals surface area contributed by atoms with Crippen LogP contribution in [-0.4, -0.2) is 4.98 Å². The van der Waals surface area contributed by atoms with Gasteiger partial charge in [-0.2, -0.15) is 13.2 Å². The topological polar surface area (TPSA) is 48.1 Å². The van der Waals surface area contributed by atoms with Gasteiger partial charge >= 0.3 is 6.18 Å². The van der Waals surface area contributed by atoms with Crippen LogP contribution in [0, 0.1) is 0 Å². The minimum Gasteiger partial charge on any atom is -0.453 e. The Hall–Kier alpha value is -1.76. The van der Waals surface area contributed by atoms with E-state index >= 15 is 0 Å². The van der Waals surface area contributed by atoms with Gasteiger partial charge in [0.25, 0.3) is 0 Å². The summed E-state index contributed by atoms with van der Waals surface area (Å²) in [6.45, 7) is 0. The molecule has 2 rings (SSSR count). The quantitative estimate of drug-likeness (QED) is 0.894. The van der Waals surface area contributed by atoms with Crippen molar-refractivity contribution in [3.05, 3.63) is 46.7 Å². The van der Waals surface area contributed by atoms with Crippen LogP contribution in [0.25, 0.3) is 0 Å². The Kier molecular flexibility index (Phi) is 3.66. The van der Waals surface area contributed by atoms with Gasteiger partial charge in [-0.05, 0) is 28.1 Å². The number of halogens is 4. The van der Waals surface area contributed by atoms with Crippen molar-refractivity contribution in [2.24, 2.45) is 0 Å². The van der Waals surface area contributed by atoms with Crippen LogP contribution in [0.5, 0.6) is 11.5 Å². The number of rotatable bonds is 2. The first-order valence-corrected chi connectivity index (χ1v) is 5.92. The molecular formula is C12H8BrF3N2O. The summed E-state index contributed by atoms with van der Waals surface area (Å²) < 4.78 is 44.1. The predicted octanol–water partition coefficient (Wildman–Crippen LogP) is 4.24. The maximum absolute atomic E-state index is 12.8. The summed E-state index contributed by atoms with van der Waals surface area (Å²) in [5.41, 5.74) is 4.91. The molecule has 0 fully saturated rings. The molecule has 19 heavy (non-hydrogen) atoms. The van der Waals surface area contributed by atoms with E-state index in [1.54, 1.807) is 0 Å². The first-order valence-electron chi connectivity index (χ1n) is 5.12. The fourth-order valence-electron chi connectivity index (χ4n) is 1.45. The Labute approximate surface area is 115 Å². The standard InChI is InChI=1S/C12H8BrF3N2O/c13-8-5-18-6-9(17)11(8)19-10-4-2-1-3-7(10)12(14,15)16/h1-6H,17H2. The van der Waals surface area contributed by atoms with Crippen LogP contribution in [0.15, 0.2) is 41.1 Å². The number of alkyl halides is 3. The SMILES string of the molecule is Nc1cncc(Br)c1Oc1ccccc1C(F)(F)F. The third-order valence-corrected chi connectivity index (χ3v) is 2.85. The molecule has 0 atom stereocenters. The van der Waals surface area contributed by atoms with Crippen molar-refractivity contribution < 1.29 is 17.9 Å². The van der Waals surface area contributed by atoms with Crippen molar-refractivity contribution >= 4 is 21.6 Å².